The zero-order valence-corrected chi connectivity index (χ0v) is 19.9. The first-order valence-electron chi connectivity index (χ1n) is 12.1. The highest BCUT2D eigenvalue weighted by molar-refractivity contribution is 5.83. The third kappa shape index (κ3) is 6.11. The molecular weight excluding hydrogens is 424 g/mol. The number of rotatable bonds is 9. The average molecular weight is 461 g/mol. The summed E-state index contributed by atoms with van der Waals surface area (Å²) in [7, 11) is 0. The van der Waals surface area contributed by atoms with Crippen molar-refractivity contribution in [3.8, 4) is 0 Å². The summed E-state index contributed by atoms with van der Waals surface area (Å²) >= 11 is 0. The first-order chi connectivity index (χ1) is 15.8. The standard InChI is InChI=1S/C23H36N6O4/c1-4-5-13-28-20-19(22(32)25-23(28)33)29(14-15(2)3)17(24-20)11-12-18(30)26-27-21(31)16-9-7-6-8-10-16/h15-16H,4-14H2,1-3H3,(H,26,30)(H,27,31)(H,25,32,33). The van der Waals surface area contributed by atoms with E-state index < -0.39 is 11.2 Å². The van der Waals surface area contributed by atoms with Crippen molar-refractivity contribution < 1.29 is 9.59 Å². The smallest absolute Gasteiger partial charge is 0.322 e. The van der Waals surface area contributed by atoms with Crippen LogP contribution >= 0.6 is 0 Å². The van der Waals surface area contributed by atoms with Crippen LogP contribution in [0.2, 0.25) is 0 Å². The van der Waals surface area contributed by atoms with Gasteiger partial charge in [0.05, 0.1) is 0 Å². The second kappa shape index (κ2) is 11.3. The van der Waals surface area contributed by atoms with Gasteiger partial charge in [-0.05, 0) is 25.2 Å². The Kier molecular flexibility index (Phi) is 8.46. The normalized spacial score (nSPS) is 14.7. The van der Waals surface area contributed by atoms with E-state index in [4.69, 9.17) is 0 Å². The van der Waals surface area contributed by atoms with E-state index in [9.17, 15) is 19.2 Å². The highest BCUT2D eigenvalue weighted by Crippen LogP contribution is 2.23. The Morgan fingerprint density at radius 1 is 1.12 bits per heavy atom. The Balaban J connectivity index is 1.76. The van der Waals surface area contributed by atoms with Crippen LogP contribution in [0.1, 0.15) is 78.0 Å². The van der Waals surface area contributed by atoms with Crippen LogP contribution < -0.4 is 22.1 Å². The molecule has 2 aromatic rings. The Morgan fingerprint density at radius 2 is 1.85 bits per heavy atom. The maximum atomic E-state index is 12.7. The lowest BCUT2D eigenvalue weighted by Crippen LogP contribution is -2.45. The highest BCUT2D eigenvalue weighted by Gasteiger charge is 2.22. The molecule has 2 amide bonds. The molecule has 0 radical (unpaired) electrons. The molecule has 1 aliphatic rings. The molecule has 0 unspecified atom stereocenters. The number of nitrogens with one attached hydrogen (secondary N) is 3. The summed E-state index contributed by atoms with van der Waals surface area (Å²) in [6.45, 7) is 7.10. The van der Waals surface area contributed by atoms with Crippen LogP contribution in [-0.4, -0.2) is 30.9 Å². The van der Waals surface area contributed by atoms with Gasteiger partial charge in [0.2, 0.25) is 11.8 Å². The number of aromatic nitrogens is 4. The monoisotopic (exact) mass is 460 g/mol. The molecule has 10 heteroatoms. The van der Waals surface area contributed by atoms with Crippen molar-refractivity contribution in [2.45, 2.75) is 91.6 Å². The van der Waals surface area contributed by atoms with E-state index >= 15 is 0 Å². The minimum absolute atomic E-state index is 0.0409. The van der Waals surface area contributed by atoms with Gasteiger partial charge in [-0.1, -0.05) is 46.5 Å². The van der Waals surface area contributed by atoms with Crippen molar-refractivity contribution in [3.63, 3.8) is 0 Å². The summed E-state index contributed by atoms with van der Waals surface area (Å²) in [4.78, 5) is 56.7. The highest BCUT2D eigenvalue weighted by atomic mass is 16.2. The first-order valence-corrected chi connectivity index (χ1v) is 12.1. The van der Waals surface area contributed by atoms with Crippen LogP contribution in [0.4, 0.5) is 0 Å². The van der Waals surface area contributed by atoms with Gasteiger partial charge >= 0.3 is 5.69 Å². The van der Waals surface area contributed by atoms with Gasteiger partial charge in [0.25, 0.3) is 5.56 Å². The number of nitrogens with zero attached hydrogens (tertiary/aromatic N) is 3. The number of hydrogen-bond acceptors (Lipinski definition) is 5. The van der Waals surface area contributed by atoms with Crippen LogP contribution in [0.25, 0.3) is 11.2 Å². The summed E-state index contributed by atoms with van der Waals surface area (Å²) in [5.41, 5.74) is 4.84. The summed E-state index contributed by atoms with van der Waals surface area (Å²) < 4.78 is 3.32. The number of H-pyrrole nitrogens is 1. The molecule has 0 bridgehead atoms. The molecule has 2 aromatic heterocycles. The number of carbonyl (C=O) groups is 2. The van der Waals surface area contributed by atoms with E-state index in [-0.39, 0.29) is 36.5 Å². The molecule has 1 aliphatic carbocycles. The van der Waals surface area contributed by atoms with Crippen LogP contribution in [0.15, 0.2) is 9.59 Å². The van der Waals surface area contributed by atoms with Crippen molar-refractivity contribution in [2.24, 2.45) is 11.8 Å². The predicted octanol–water partition coefficient (Wildman–Crippen LogP) is 2.00. The summed E-state index contributed by atoms with van der Waals surface area (Å²) in [6, 6.07) is 0. The second-order valence-electron chi connectivity index (χ2n) is 9.34. The van der Waals surface area contributed by atoms with E-state index in [2.05, 4.69) is 20.8 Å². The quantitative estimate of drug-likeness (QED) is 0.493. The van der Waals surface area contributed by atoms with Gasteiger partial charge in [-0.3, -0.25) is 34.8 Å². The fourth-order valence-corrected chi connectivity index (χ4v) is 4.38. The van der Waals surface area contributed by atoms with Gasteiger partial charge in [0, 0.05) is 31.8 Å². The minimum Gasteiger partial charge on any atom is -0.322 e. The Bertz CT molecular complexity index is 1090. The van der Waals surface area contributed by atoms with E-state index in [1.807, 2.05) is 25.3 Å². The molecule has 0 saturated heterocycles. The number of aryl methyl sites for hydroxylation is 2. The molecule has 2 heterocycles. The maximum absolute atomic E-state index is 12.7. The number of carbonyl (C=O) groups excluding carboxylic acids is 2. The fourth-order valence-electron chi connectivity index (χ4n) is 4.38. The molecule has 3 rings (SSSR count). The lowest BCUT2D eigenvalue weighted by molar-refractivity contribution is -0.131. The number of imidazole rings is 1. The van der Waals surface area contributed by atoms with Crippen molar-refractivity contribution in [2.75, 3.05) is 0 Å². The number of amides is 2. The van der Waals surface area contributed by atoms with Gasteiger partial charge in [0.1, 0.15) is 5.82 Å². The minimum atomic E-state index is -0.468. The molecule has 0 atom stereocenters. The zero-order chi connectivity index (χ0) is 24.0. The van der Waals surface area contributed by atoms with Gasteiger partial charge in [-0.15, -0.1) is 0 Å². The van der Waals surface area contributed by atoms with Gasteiger partial charge < -0.3 is 4.57 Å². The summed E-state index contributed by atoms with van der Waals surface area (Å²) in [5, 5.41) is 0. The van der Waals surface area contributed by atoms with Crippen LogP contribution in [0.3, 0.4) is 0 Å². The molecule has 1 fully saturated rings. The number of aromatic amines is 1. The Labute approximate surface area is 193 Å². The third-order valence-corrected chi connectivity index (χ3v) is 6.12. The maximum Gasteiger partial charge on any atom is 0.330 e. The summed E-state index contributed by atoms with van der Waals surface area (Å²) in [6.07, 6.45) is 7.03. The largest absolute Gasteiger partial charge is 0.330 e. The van der Waals surface area contributed by atoms with Crippen molar-refractivity contribution in [1.82, 2.24) is 30.0 Å². The number of hydrogen-bond donors (Lipinski definition) is 3. The summed E-state index contributed by atoms with van der Waals surface area (Å²) in [5.74, 6) is 0.316. The molecular formula is C23H36N6O4. The van der Waals surface area contributed by atoms with Crippen molar-refractivity contribution in [3.05, 3.63) is 26.7 Å². The SMILES string of the molecule is CCCCn1c(=O)[nH]c(=O)c2c1nc(CCC(=O)NNC(=O)C1CCCCC1)n2CC(C)C. The molecule has 0 aliphatic heterocycles. The molecule has 3 N–H and O–H groups in total. The lowest BCUT2D eigenvalue weighted by atomic mass is 9.89. The van der Waals surface area contributed by atoms with Crippen LogP contribution in [-0.2, 0) is 29.1 Å². The van der Waals surface area contributed by atoms with Crippen molar-refractivity contribution >= 4 is 23.0 Å². The molecule has 1 saturated carbocycles. The van der Waals surface area contributed by atoms with Gasteiger partial charge in [0.15, 0.2) is 11.2 Å². The second-order valence-corrected chi connectivity index (χ2v) is 9.34. The molecule has 10 nitrogen and oxygen atoms in total. The van der Waals surface area contributed by atoms with Crippen LogP contribution in [0, 0.1) is 11.8 Å². The van der Waals surface area contributed by atoms with E-state index in [1.165, 1.54) is 4.57 Å². The third-order valence-electron chi connectivity index (χ3n) is 6.12. The van der Waals surface area contributed by atoms with Crippen molar-refractivity contribution in [1.29, 1.82) is 0 Å². The first kappa shape index (κ1) is 24.7. The molecule has 0 aromatic carbocycles. The van der Waals surface area contributed by atoms with Gasteiger partial charge in [-0.2, -0.15) is 0 Å². The average Bonchev–Trinajstić information content (AvgIpc) is 3.14. The predicted molar refractivity (Wildman–Crippen MR) is 126 cm³/mol. The molecule has 33 heavy (non-hydrogen) atoms. The zero-order valence-electron chi connectivity index (χ0n) is 19.9. The molecule has 182 valence electrons. The van der Waals surface area contributed by atoms with E-state index in [0.29, 0.717) is 30.1 Å². The van der Waals surface area contributed by atoms with Crippen LogP contribution in [0.5, 0.6) is 0 Å². The fraction of sp³-hybridized carbons (Fsp3) is 0.696. The topological polar surface area (TPSA) is 131 Å². The van der Waals surface area contributed by atoms with E-state index in [1.54, 1.807) is 0 Å². The number of hydrazine groups is 1. The van der Waals surface area contributed by atoms with Gasteiger partial charge in [-0.25, -0.2) is 9.78 Å². The molecule has 0 spiro atoms. The Morgan fingerprint density at radius 3 is 2.52 bits per heavy atom. The number of unbranched alkanes of at least 4 members (excludes halogenated alkanes) is 1. The van der Waals surface area contributed by atoms with E-state index in [0.717, 1.165) is 44.9 Å². The number of fused-ring (bicyclic) bond motifs is 1. The Hall–Kier alpha value is -2.91. The lowest BCUT2D eigenvalue weighted by Gasteiger charge is -2.20.